The first kappa shape index (κ1) is 13.8. The summed E-state index contributed by atoms with van der Waals surface area (Å²) >= 11 is 3.57. The lowest BCUT2D eigenvalue weighted by atomic mass is 10.1. The van der Waals surface area contributed by atoms with E-state index in [0.29, 0.717) is 6.04 Å². The van der Waals surface area contributed by atoms with Gasteiger partial charge in [-0.3, -0.25) is 4.90 Å². The van der Waals surface area contributed by atoms with Crippen molar-refractivity contribution in [2.45, 2.75) is 19.4 Å². The summed E-state index contributed by atoms with van der Waals surface area (Å²) in [5, 5.41) is 0. The van der Waals surface area contributed by atoms with Crippen molar-refractivity contribution in [3.63, 3.8) is 0 Å². The van der Waals surface area contributed by atoms with Crippen LogP contribution in [0, 0.1) is 0 Å². The molecule has 1 aromatic heterocycles. The summed E-state index contributed by atoms with van der Waals surface area (Å²) in [6.45, 7) is 7.14. The van der Waals surface area contributed by atoms with Crippen molar-refractivity contribution in [2.75, 3.05) is 37.6 Å². The van der Waals surface area contributed by atoms with Crippen molar-refractivity contribution in [3.8, 4) is 0 Å². The first-order valence-electron chi connectivity index (χ1n) is 6.55. The van der Waals surface area contributed by atoms with Crippen LogP contribution in [0.25, 0.3) is 0 Å². The molecule has 1 atom stereocenters. The molecule has 0 radical (unpaired) electrons. The van der Waals surface area contributed by atoms with Crippen molar-refractivity contribution in [1.29, 1.82) is 0 Å². The van der Waals surface area contributed by atoms with Gasteiger partial charge in [0.2, 0.25) is 0 Å². The van der Waals surface area contributed by atoms with E-state index in [-0.39, 0.29) is 0 Å². The molecule has 1 fully saturated rings. The number of hydrogen-bond donors (Lipinski definition) is 1. The van der Waals surface area contributed by atoms with Gasteiger partial charge in [-0.2, -0.15) is 0 Å². The minimum atomic E-state index is 0.527. The average molecular weight is 313 g/mol. The third-order valence-electron chi connectivity index (χ3n) is 3.61. The fourth-order valence-corrected chi connectivity index (χ4v) is 2.99. The molecule has 100 valence electrons. The largest absolute Gasteiger partial charge is 0.353 e. The van der Waals surface area contributed by atoms with Crippen molar-refractivity contribution in [2.24, 2.45) is 5.73 Å². The minimum absolute atomic E-state index is 0.527. The maximum atomic E-state index is 5.81. The van der Waals surface area contributed by atoms with E-state index < -0.39 is 0 Å². The lowest BCUT2D eigenvalue weighted by Crippen LogP contribution is -2.52. The molecule has 4 nitrogen and oxygen atoms in total. The Bertz CT molecular complexity index is 373. The average Bonchev–Trinajstić information content (AvgIpc) is 2.42. The molecule has 0 spiro atoms. The van der Waals surface area contributed by atoms with Gasteiger partial charge in [0.15, 0.2) is 0 Å². The molecule has 2 rings (SSSR count). The van der Waals surface area contributed by atoms with E-state index in [9.17, 15) is 0 Å². The lowest BCUT2D eigenvalue weighted by molar-refractivity contribution is 0.184. The molecule has 0 aliphatic carbocycles. The summed E-state index contributed by atoms with van der Waals surface area (Å²) in [6.07, 6.45) is 2.98. The molecular formula is C13H21BrN4. The van der Waals surface area contributed by atoms with Crippen LogP contribution in [-0.4, -0.2) is 48.6 Å². The van der Waals surface area contributed by atoms with E-state index in [1.807, 2.05) is 18.3 Å². The van der Waals surface area contributed by atoms with E-state index in [1.165, 1.54) is 0 Å². The molecular weight excluding hydrogens is 292 g/mol. The third-order valence-corrected chi connectivity index (χ3v) is 4.23. The molecule has 1 aliphatic heterocycles. The van der Waals surface area contributed by atoms with Gasteiger partial charge in [0.25, 0.3) is 0 Å². The Hall–Kier alpha value is -0.650. The molecule has 0 aromatic carbocycles. The highest BCUT2D eigenvalue weighted by atomic mass is 79.9. The van der Waals surface area contributed by atoms with Crippen LogP contribution in [0.5, 0.6) is 0 Å². The van der Waals surface area contributed by atoms with Crippen LogP contribution in [0.4, 0.5) is 5.82 Å². The molecule has 2 N–H and O–H groups in total. The van der Waals surface area contributed by atoms with E-state index >= 15 is 0 Å². The fraction of sp³-hybridized carbons (Fsp3) is 0.615. The van der Waals surface area contributed by atoms with Crippen LogP contribution in [0.3, 0.4) is 0 Å². The van der Waals surface area contributed by atoms with Crippen LogP contribution >= 0.6 is 15.9 Å². The highest BCUT2D eigenvalue weighted by Crippen LogP contribution is 2.24. The zero-order chi connectivity index (χ0) is 13.0. The Labute approximate surface area is 117 Å². The molecule has 0 bridgehead atoms. The SMILES string of the molecule is CCC(CN)N1CCN(c2ncccc2Br)CC1. The Morgan fingerprint density at radius 3 is 2.67 bits per heavy atom. The summed E-state index contributed by atoms with van der Waals surface area (Å²) in [7, 11) is 0. The van der Waals surface area contributed by atoms with Crippen LogP contribution in [0.2, 0.25) is 0 Å². The van der Waals surface area contributed by atoms with Crippen molar-refractivity contribution >= 4 is 21.7 Å². The molecule has 1 saturated heterocycles. The van der Waals surface area contributed by atoms with Crippen LogP contribution in [0.15, 0.2) is 22.8 Å². The van der Waals surface area contributed by atoms with Gasteiger partial charge in [-0.05, 0) is 34.5 Å². The quantitative estimate of drug-likeness (QED) is 0.919. The first-order chi connectivity index (χ1) is 8.76. The van der Waals surface area contributed by atoms with E-state index in [1.54, 1.807) is 0 Å². The smallest absolute Gasteiger partial charge is 0.142 e. The number of nitrogens with zero attached hydrogens (tertiary/aromatic N) is 3. The number of piperazine rings is 1. The molecule has 0 amide bonds. The first-order valence-corrected chi connectivity index (χ1v) is 7.35. The molecule has 1 aliphatic rings. The fourth-order valence-electron chi connectivity index (χ4n) is 2.48. The number of aromatic nitrogens is 1. The van der Waals surface area contributed by atoms with Gasteiger partial charge < -0.3 is 10.6 Å². The summed E-state index contributed by atoms with van der Waals surface area (Å²) in [5.74, 6) is 1.05. The van der Waals surface area contributed by atoms with Gasteiger partial charge in [-0.1, -0.05) is 6.92 Å². The van der Waals surface area contributed by atoms with E-state index in [4.69, 9.17) is 5.73 Å². The zero-order valence-electron chi connectivity index (χ0n) is 10.8. The van der Waals surface area contributed by atoms with Gasteiger partial charge >= 0.3 is 0 Å². The molecule has 1 aromatic rings. The zero-order valence-corrected chi connectivity index (χ0v) is 12.4. The van der Waals surface area contributed by atoms with Crippen molar-refractivity contribution < 1.29 is 0 Å². The molecule has 1 unspecified atom stereocenters. The second-order valence-electron chi connectivity index (χ2n) is 4.63. The maximum absolute atomic E-state index is 5.81. The van der Waals surface area contributed by atoms with Crippen molar-refractivity contribution in [1.82, 2.24) is 9.88 Å². The standard InChI is InChI=1S/C13H21BrN4/c1-2-11(10-15)17-6-8-18(9-7-17)13-12(14)4-3-5-16-13/h3-5,11H,2,6-10,15H2,1H3. The van der Waals surface area contributed by atoms with Crippen LogP contribution in [0.1, 0.15) is 13.3 Å². The number of hydrogen-bond acceptors (Lipinski definition) is 4. The van der Waals surface area contributed by atoms with Crippen LogP contribution in [-0.2, 0) is 0 Å². The van der Waals surface area contributed by atoms with Gasteiger partial charge in [-0.15, -0.1) is 0 Å². The second kappa shape index (κ2) is 6.50. The van der Waals surface area contributed by atoms with Gasteiger partial charge in [0, 0.05) is 45.0 Å². The maximum Gasteiger partial charge on any atom is 0.142 e. The number of nitrogens with two attached hydrogens (primary N) is 1. The third kappa shape index (κ3) is 3.02. The van der Waals surface area contributed by atoms with Gasteiger partial charge in [0.05, 0.1) is 4.47 Å². The number of pyridine rings is 1. The highest BCUT2D eigenvalue weighted by molar-refractivity contribution is 9.10. The summed E-state index contributed by atoms with van der Waals surface area (Å²) < 4.78 is 1.07. The highest BCUT2D eigenvalue weighted by Gasteiger charge is 2.23. The molecule has 2 heterocycles. The lowest BCUT2D eigenvalue weighted by Gasteiger charge is -2.39. The minimum Gasteiger partial charge on any atom is -0.353 e. The number of anilines is 1. The number of halogens is 1. The molecule has 0 saturated carbocycles. The Morgan fingerprint density at radius 1 is 1.39 bits per heavy atom. The summed E-state index contributed by atoms with van der Waals surface area (Å²) in [4.78, 5) is 9.28. The van der Waals surface area contributed by atoms with E-state index in [2.05, 4.69) is 37.6 Å². The van der Waals surface area contributed by atoms with Gasteiger partial charge in [0.1, 0.15) is 5.82 Å². The second-order valence-corrected chi connectivity index (χ2v) is 5.48. The molecule has 5 heteroatoms. The predicted molar refractivity (Wildman–Crippen MR) is 78.9 cm³/mol. The monoisotopic (exact) mass is 312 g/mol. The summed E-state index contributed by atoms with van der Waals surface area (Å²) in [5.41, 5.74) is 5.81. The predicted octanol–water partition coefficient (Wildman–Crippen LogP) is 1.70. The summed E-state index contributed by atoms with van der Waals surface area (Å²) in [6, 6.07) is 4.52. The Morgan fingerprint density at radius 2 is 2.11 bits per heavy atom. The normalized spacial score (nSPS) is 18.9. The van der Waals surface area contributed by atoms with E-state index in [0.717, 1.165) is 49.4 Å². The number of rotatable bonds is 4. The Balaban J connectivity index is 1.96. The Kier molecular flexibility index (Phi) is 4.97. The topological polar surface area (TPSA) is 45.4 Å². The van der Waals surface area contributed by atoms with Gasteiger partial charge in [-0.25, -0.2) is 4.98 Å². The van der Waals surface area contributed by atoms with Crippen LogP contribution < -0.4 is 10.6 Å². The van der Waals surface area contributed by atoms with Crippen molar-refractivity contribution in [3.05, 3.63) is 22.8 Å². The molecule has 18 heavy (non-hydrogen) atoms.